The number of halogens is 1. The Bertz CT molecular complexity index is 311. The van der Waals surface area contributed by atoms with Crippen LogP contribution in [0.2, 0.25) is 0 Å². The van der Waals surface area contributed by atoms with Crippen LogP contribution < -0.4 is 10.6 Å². The van der Waals surface area contributed by atoms with Gasteiger partial charge in [-0.2, -0.15) is 0 Å². The summed E-state index contributed by atoms with van der Waals surface area (Å²) in [4.78, 5) is 14.7. The minimum Gasteiger partial charge on any atom is -0.356 e. The van der Waals surface area contributed by atoms with E-state index in [0.717, 1.165) is 38.4 Å². The molecule has 0 atom stereocenters. The zero-order valence-corrected chi connectivity index (χ0v) is 15.1. The number of rotatable bonds is 6. The van der Waals surface area contributed by atoms with E-state index in [-0.39, 0.29) is 18.3 Å². The maximum atomic E-state index is 12.1. The highest BCUT2D eigenvalue weighted by molar-refractivity contribution is 5.85. The van der Waals surface area contributed by atoms with Crippen molar-refractivity contribution in [3.05, 3.63) is 0 Å². The lowest BCUT2D eigenvalue weighted by Gasteiger charge is -2.32. The van der Waals surface area contributed by atoms with E-state index in [1.165, 1.54) is 38.9 Å². The van der Waals surface area contributed by atoms with Crippen LogP contribution in [0.4, 0.5) is 0 Å². The van der Waals surface area contributed by atoms with Crippen molar-refractivity contribution in [3.8, 4) is 0 Å². The van der Waals surface area contributed by atoms with Gasteiger partial charge in [-0.15, -0.1) is 12.4 Å². The largest absolute Gasteiger partial charge is 0.356 e. The maximum absolute atomic E-state index is 12.1. The first-order valence-corrected chi connectivity index (χ1v) is 8.86. The number of carbonyl (C=O) groups excluding carboxylic acids is 1. The van der Waals surface area contributed by atoms with E-state index in [1.54, 1.807) is 0 Å². The number of carbonyl (C=O) groups is 1. The average molecular weight is 332 g/mol. The molecule has 130 valence electrons. The van der Waals surface area contributed by atoms with Crippen molar-refractivity contribution in [2.24, 2.45) is 17.8 Å². The lowest BCUT2D eigenvalue weighted by Crippen LogP contribution is -2.42. The molecular weight excluding hydrogens is 298 g/mol. The van der Waals surface area contributed by atoms with E-state index in [2.05, 4.69) is 29.4 Å². The number of piperidine rings is 2. The summed E-state index contributed by atoms with van der Waals surface area (Å²) in [6.07, 6.45) is 5.78. The van der Waals surface area contributed by atoms with E-state index in [1.807, 2.05) is 0 Å². The summed E-state index contributed by atoms with van der Waals surface area (Å²) in [7, 11) is 0. The molecule has 22 heavy (non-hydrogen) atoms. The highest BCUT2D eigenvalue weighted by Crippen LogP contribution is 2.18. The third-order valence-electron chi connectivity index (χ3n) is 5.00. The van der Waals surface area contributed by atoms with Crippen LogP contribution in [0.15, 0.2) is 0 Å². The maximum Gasteiger partial charge on any atom is 0.223 e. The summed E-state index contributed by atoms with van der Waals surface area (Å²) in [5.41, 5.74) is 0. The minimum atomic E-state index is 0. The molecule has 1 amide bonds. The van der Waals surface area contributed by atoms with Crippen molar-refractivity contribution in [3.63, 3.8) is 0 Å². The second-order valence-corrected chi connectivity index (χ2v) is 7.24. The standard InChI is InChI=1S/C17H33N3O.ClH/c1-14(2)5-10-20-11-6-15(7-12-20)13-19-17(21)16-3-8-18-9-4-16;/h14-16,18H,3-13H2,1-2H3,(H,19,21);1H. The van der Waals surface area contributed by atoms with Crippen molar-refractivity contribution in [2.45, 2.75) is 46.0 Å². The summed E-state index contributed by atoms with van der Waals surface area (Å²) in [5.74, 6) is 2.02. The Morgan fingerprint density at radius 1 is 1.18 bits per heavy atom. The Morgan fingerprint density at radius 2 is 1.82 bits per heavy atom. The first kappa shape index (κ1) is 19.7. The Labute approximate surface area is 142 Å². The van der Waals surface area contributed by atoms with Crippen LogP contribution in [0.3, 0.4) is 0 Å². The van der Waals surface area contributed by atoms with Crippen LogP contribution in [-0.4, -0.2) is 50.1 Å². The summed E-state index contributed by atoms with van der Waals surface area (Å²) in [6.45, 7) is 11.1. The van der Waals surface area contributed by atoms with Crippen LogP contribution in [0.25, 0.3) is 0 Å². The van der Waals surface area contributed by atoms with Crippen molar-refractivity contribution >= 4 is 18.3 Å². The van der Waals surface area contributed by atoms with Gasteiger partial charge in [0.25, 0.3) is 0 Å². The van der Waals surface area contributed by atoms with Crippen LogP contribution in [0.1, 0.15) is 46.0 Å². The molecule has 0 aromatic carbocycles. The Kier molecular flexibility index (Phi) is 9.37. The van der Waals surface area contributed by atoms with Crippen LogP contribution in [0, 0.1) is 17.8 Å². The fraction of sp³-hybridized carbons (Fsp3) is 0.941. The smallest absolute Gasteiger partial charge is 0.223 e. The summed E-state index contributed by atoms with van der Waals surface area (Å²) in [5, 5.41) is 6.52. The first-order chi connectivity index (χ1) is 10.1. The summed E-state index contributed by atoms with van der Waals surface area (Å²) >= 11 is 0. The molecule has 0 spiro atoms. The first-order valence-electron chi connectivity index (χ1n) is 8.86. The number of nitrogens with zero attached hydrogens (tertiary/aromatic N) is 1. The van der Waals surface area contributed by atoms with Gasteiger partial charge in [0.1, 0.15) is 0 Å². The normalized spacial score (nSPS) is 21.6. The van der Waals surface area contributed by atoms with Crippen LogP contribution in [-0.2, 0) is 4.79 Å². The third-order valence-corrected chi connectivity index (χ3v) is 5.00. The Morgan fingerprint density at radius 3 is 2.41 bits per heavy atom. The van der Waals surface area contributed by atoms with Gasteiger partial charge in [0.2, 0.25) is 5.91 Å². The van der Waals surface area contributed by atoms with Crippen molar-refractivity contribution in [2.75, 3.05) is 39.3 Å². The molecule has 0 radical (unpaired) electrons. The van der Waals surface area contributed by atoms with E-state index in [9.17, 15) is 4.79 Å². The van der Waals surface area contributed by atoms with Gasteiger partial charge in [0.15, 0.2) is 0 Å². The second-order valence-electron chi connectivity index (χ2n) is 7.24. The molecule has 0 bridgehead atoms. The highest BCUT2D eigenvalue weighted by Gasteiger charge is 2.23. The fourth-order valence-corrected chi connectivity index (χ4v) is 3.33. The minimum absolute atomic E-state index is 0. The molecule has 0 unspecified atom stereocenters. The molecule has 2 aliphatic heterocycles. The van der Waals surface area contributed by atoms with Gasteiger partial charge in [-0.1, -0.05) is 13.8 Å². The number of hydrogen-bond donors (Lipinski definition) is 2. The Hall–Kier alpha value is -0.320. The molecule has 2 saturated heterocycles. The molecule has 2 fully saturated rings. The molecule has 0 aliphatic carbocycles. The number of likely N-dealkylation sites (tertiary alicyclic amines) is 1. The lowest BCUT2D eigenvalue weighted by atomic mass is 9.94. The zero-order valence-electron chi connectivity index (χ0n) is 14.3. The van der Waals surface area contributed by atoms with Crippen molar-refractivity contribution in [1.82, 2.24) is 15.5 Å². The van der Waals surface area contributed by atoms with Crippen LogP contribution >= 0.6 is 12.4 Å². The summed E-state index contributed by atoms with van der Waals surface area (Å²) < 4.78 is 0. The zero-order chi connectivity index (χ0) is 15.1. The molecule has 2 aliphatic rings. The molecule has 2 rings (SSSR count). The van der Waals surface area contributed by atoms with Gasteiger partial charge in [-0.3, -0.25) is 4.79 Å². The Balaban J connectivity index is 0.00000242. The fourth-order valence-electron chi connectivity index (χ4n) is 3.33. The predicted octanol–water partition coefficient (Wildman–Crippen LogP) is 2.28. The molecular formula is C17H34ClN3O. The molecule has 0 saturated carbocycles. The quantitative estimate of drug-likeness (QED) is 0.785. The lowest BCUT2D eigenvalue weighted by molar-refractivity contribution is -0.126. The number of nitrogens with one attached hydrogen (secondary N) is 2. The number of hydrogen-bond acceptors (Lipinski definition) is 3. The van der Waals surface area contributed by atoms with Gasteiger partial charge in [-0.25, -0.2) is 0 Å². The van der Waals surface area contributed by atoms with Gasteiger partial charge in [-0.05, 0) is 76.7 Å². The average Bonchev–Trinajstić information content (AvgIpc) is 2.52. The number of amides is 1. The summed E-state index contributed by atoms with van der Waals surface area (Å²) in [6, 6.07) is 0. The van der Waals surface area contributed by atoms with E-state index < -0.39 is 0 Å². The monoisotopic (exact) mass is 331 g/mol. The van der Waals surface area contributed by atoms with E-state index in [0.29, 0.717) is 11.8 Å². The van der Waals surface area contributed by atoms with Crippen molar-refractivity contribution in [1.29, 1.82) is 0 Å². The van der Waals surface area contributed by atoms with Gasteiger partial charge in [0.05, 0.1) is 0 Å². The van der Waals surface area contributed by atoms with Crippen molar-refractivity contribution < 1.29 is 4.79 Å². The second kappa shape index (κ2) is 10.5. The van der Waals surface area contributed by atoms with Gasteiger partial charge < -0.3 is 15.5 Å². The molecule has 2 heterocycles. The molecule has 0 aromatic heterocycles. The van der Waals surface area contributed by atoms with E-state index >= 15 is 0 Å². The van der Waals surface area contributed by atoms with Gasteiger partial charge in [0, 0.05) is 12.5 Å². The van der Waals surface area contributed by atoms with E-state index in [4.69, 9.17) is 0 Å². The molecule has 4 nitrogen and oxygen atoms in total. The molecule has 5 heteroatoms. The highest BCUT2D eigenvalue weighted by atomic mass is 35.5. The third kappa shape index (κ3) is 6.84. The predicted molar refractivity (Wildman–Crippen MR) is 94.5 cm³/mol. The molecule has 2 N–H and O–H groups in total. The van der Waals surface area contributed by atoms with Crippen LogP contribution in [0.5, 0.6) is 0 Å². The topological polar surface area (TPSA) is 44.4 Å². The SMILES string of the molecule is CC(C)CCN1CCC(CNC(=O)C2CCNCC2)CC1.Cl. The van der Waals surface area contributed by atoms with Gasteiger partial charge >= 0.3 is 0 Å². The molecule has 0 aromatic rings.